The number of halogens is 2. The Morgan fingerprint density at radius 2 is 1.86 bits per heavy atom. The Morgan fingerprint density at radius 3 is 2.46 bits per heavy atom. The number of morpholine rings is 1. The van der Waals surface area contributed by atoms with E-state index in [1.54, 1.807) is 0 Å². The van der Waals surface area contributed by atoms with E-state index in [2.05, 4.69) is 27.9 Å². The summed E-state index contributed by atoms with van der Waals surface area (Å²) in [6, 6.07) is 1.77. The molecule has 0 radical (unpaired) electrons. The maximum atomic E-state index is 12.4. The van der Waals surface area contributed by atoms with Crippen molar-refractivity contribution in [3.8, 4) is 0 Å². The van der Waals surface area contributed by atoms with Gasteiger partial charge in [-0.3, -0.25) is 4.79 Å². The third-order valence-electron chi connectivity index (χ3n) is 5.32. The maximum Gasteiger partial charge on any atom is 0.239 e. The van der Waals surface area contributed by atoms with Crippen LogP contribution in [0.1, 0.15) is 50.0 Å². The molecule has 3 rings (SSSR count). The first kappa shape index (κ1) is 24.9. The summed E-state index contributed by atoms with van der Waals surface area (Å²) >= 11 is 0. The van der Waals surface area contributed by atoms with E-state index in [0.717, 1.165) is 82.4 Å². The number of ether oxygens (including phenoxy) is 1. The van der Waals surface area contributed by atoms with Crippen molar-refractivity contribution >= 4 is 36.5 Å². The van der Waals surface area contributed by atoms with Gasteiger partial charge in [0.05, 0.1) is 19.3 Å². The average Bonchev–Trinajstić information content (AvgIpc) is 2.68. The van der Waals surface area contributed by atoms with E-state index < -0.39 is 0 Å². The van der Waals surface area contributed by atoms with Gasteiger partial charge in [-0.2, -0.15) is 0 Å². The minimum absolute atomic E-state index is 0. The highest BCUT2D eigenvalue weighted by atomic mass is 35.5. The van der Waals surface area contributed by atoms with Crippen molar-refractivity contribution in [1.82, 2.24) is 14.9 Å². The summed E-state index contributed by atoms with van der Waals surface area (Å²) < 4.78 is 5.44. The van der Waals surface area contributed by atoms with Crippen LogP contribution in [0.3, 0.4) is 0 Å². The quantitative estimate of drug-likeness (QED) is 0.766. The van der Waals surface area contributed by atoms with Crippen molar-refractivity contribution in [3.05, 3.63) is 17.6 Å². The van der Waals surface area contributed by atoms with Gasteiger partial charge < -0.3 is 20.3 Å². The number of hydrogen-bond acceptors (Lipinski definition) is 6. The summed E-state index contributed by atoms with van der Waals surface area (Å²) in [6.45, 7) is 8.77. The van der Waals surface area contributed by atoms with Crippen LogP contribution >= 0.6 is 24.8 Å². The predicted octanol–water partition coefficient (Wildman–Crippen LogP) is 2.30. The Hall–Kier alpha value is -1.15. The van der Waals surface area contributed by atoms with Crippen LogP contribution in [0.4, 0.5) is 5.82 Å². The van der Waals surface area contributed by atoms with Gasteiger partial charge in [0.25, 0.3) is 0 Å². The number of hydrogen-bond donors (Lipinski definition) is 1. The molecule has 28 heavy (non-hydrogen) atoms. The summed E-state index contributed by atoms with van der Waals surface area (Å²) in [6.07, 6.45) is 3.56. The molecule has 9 heteroatoms. The fourth-order valence-corrected chi connectivity index (χ4v) is 3.80. The molecule has 1 atom stereocenters. The molecule has 0 bridgehead atoms. The van der Waals surface area contributed by atoms with Crippen LogP contribution in [0, 0.1) is 6.92 Å². The molecule has 7 nitrogen and oxygen atoms in total. The fourth-order valence-electron chi connectivity index (χ4n) is 3.80. The number of rotatable bonds is 5. The number of nitrogens with two attached hydrogens (primary N) is 1. The molecule has 0 aromatic carbocycles. The van der Waals surface area contributed by atoms with Gasteiger partial charge in [-0.25, -0.2) is 9.97 Å². The van der Waals surface area contributed by atoms with E-state index in [9.17, 15) is 4.79 Å². The van der Waals surface area contributed by atoms with Crippen LogP contribution in [0.15, 0.2) is 6.07 Å². The lowest BCUT2D eigenvalue weighted by molar-refractivity contribution is -0.133. The molecule has 1 aromatic heterocycles. The molecule has 2 aliphatic heterocycles. The minimum atomic E-state index is -0.356. The smallest absolute Gasteiger partial charge is 0.239 e. The molecular formula is C19H33Cl2N5O2. The van der Waals surface area contributed by atoms with Crippen LogP contribution in [0.5, 0.6) is 0 Å². The van der Waals surface area contributed by atoms with E-state index in [-0.39, 0.29) is 36.8 Å². The molecule has 2 N–H and O–H groups in total. The number of carbonyl (C=O) groups excluding carboxylic acids is 1. The molecule has 2 saturated heterocycles. The Kier molecular flexibility index (Phi) is 10.4. The standard InChI is InChI=1S/C19H31N5O2.2ClH/c1-3-4-16(20)19(25)24-7-5-15(6-8-24)17-13-18(22-14(2)21-17)23-9-11-26-12-10-23;;/h13,15-16H,3-12,20H2,1-2H3;2*1H/t16-;;/m0../s1. The lowest BCUT2D eigenvalue weighted by atomic mass is 9.92. The second-order valence-corrected chi connectivity index (χ2v) is 7.29. The highest BCUT2D eigenvalue weighted by Crippen LogP contribution is 2.29. The van der Waals surface area contributed by atoms with Crippen molar-refractivity contribution in [3.63, 3.8) is 0 Å². The molecule has 2 aliphatic rings. The summed E-state index contributed by atoms with van der Waals surface area (Å²) in [5, 5.41) is 0. The Balaban J connectivity index is 0.00000196. The van der Waals surface area contributed by atoms with Crippen molar-refractivity contribution in [2.24, 2.45) is 5.73 Å². The van der Waals surface area contributed by atoms with E-state index in [0.29, 0.717) is 5.92 Å². The molecule has 2 fully saturated rings. The maximum absolute atomic E-state index is 12.4. The minimum Gasteiger partial charge on any atom is -0.378 e. The van der Waals surface area contributed by atoms with Crippen molar-refractivity contribution in [2.75, 3.05) is 44.3 Å². The molecule has 1 aromatic rings. The zero-order valence-electron chi connectivity index (χ0n) is 16.8. The lowest BCUT2D eigenvalue weighted by Gasteiger charge is -2.34. The second-order valence-electron chi connectivity index (χ2n) is 7.29. The van der Waals surface area contributed by atoms with Gasteiger partial charge >= 0.3 is 0 Å². The van der Waals surface area contributed by atoms with Gasteiger partial charge in [-0.1, -0.05) is 13.3 Å². The molecule has 0 aliphatic carbocycles. The van der Waals surface area contributed by atoms with E-state index in [4.69, 9.17) is 10.5 Å². The predicted molar refractivity (Wildman–Crippen MR) is 116 cm³/mol. The summed E-state index contributed by atoms with van der Waals surface area (Å²) in [7, 11) is 0. The van der Waals surface area contributed by atoms with Crippen molar-refractivity contribution in [2.45, 2.75) is 51.5 Å². The van der Waals surface area contributed by atoms with Gasteiger partial charge in [0.15, 0.2) is 0 Å². The third kappa shape index (κ3) is 6.17. The third-order valence-corrected chi connectivity index (χ3v) is 5.32. The molecule has 0 saturated carbocycles. The van der Waals surface area contributed by atoms with E-state index >= 15 is 0 Å². The van der Waals surface area contributed by atoms with Crippen LogP contribution in [0.25, 0.3) is 0 Å². The number of piperidine rings is 1. The number of nitrogens with zero attached hydrogens (tertiary/aromatic N) is 4. The highest BCUT2D eigenvalue weighted by Gasteiger charge is 2.28. The van der Waals surface area contributed by atoms with E-state index in [1.807, 2.05) is 11.8 Å². The SMILES string of the molecule is CCC[C@H](N)C(=O)N1CCC(c2cc(N3CCOCC3)nc(C)n2)CC1.Cl.Cl. The second kappa shape index (κ2) is 11.8. The van der Waals surface area contributed by atoms with Gasteiger partial charge in [0, 0.05) is 43.9 Å². The normalized spacial score (nSPS) is 18.8. The number of aromatic nitrogens is 2. The molecule has 1 amide bonds. The number of likely N-dealkylation sites (tertiary alicyclic amines) is 1. The van der Waals surface area contributed by atoms with Crippen LogP contribution in [-0.4, -0.2) is 66.2 Å². The number of amides is 1. The van der Waals surface area contributed by atoms with Crippen LogP contribution < -0.4 is 10.6 Å². The van der Waals surface area contributed by atoms with Crippen molar-refractivity contribution in [1.29, 1.82) is 0 Å². The average molecular weight is 434 g/mol. The van der Waals surface area contributed by atoms with E-state index in [1.165, 1.54) is 0 Å². The molecule has 0 spiro atoms. The Labute approximate surface area is 180 Å². The topological polar surface area (TPSA) is 84.6 Å². The fraction of sp³-hybridized carbons (Fsp3) is 0.737. The Morgan fingerprint density at radius 1 is 1.21 bits per heavy atom. The summed E-state index contributed by atoms with van der Waals surface area (Å²) in [5.41, 5.74) is 7.10. The van der Waals surface area contributed by atoms with Crippen molar-refractivity contribution < 1.29 is 9.53 Å². The van der Waals surface area contributed by atoms with Gasteiger partial charge in [0.1, 0.15) is 11.6 Å². The summed E-state index contributed by atoms with van der Waals surface area (Å²) in [5.74, 6) is 2.29. The zero-order valence-corrected chi connectivity index (χ0v) is 18.4. The zero-order chi connectivity index (χ0) is 18.5. The first-order valence-corrected chi connectivity index (χ1v) is 9.81. The van der Waals surface area contributed by atoms with Gasteiger partial charge in [-0.15, -0.1) is 24.8 Å². The first-order chi connectivity index (χ1) is 12.6. The largest absolute Gasteiger partial charge is 0.378 e. The lowest BCUT2D eigenvalue weighted by Crippen LogP contribution is -2.46. The number of aryl methyl sites for hydroxylation is 1. The van der Waals surface area contributed by atoms with Gasteiger partial charge in [0.2, 0.25) is 5.91 Å². The number of carbonyl (C=O) groups is 1. The Bertz CT molecular complexity index is 620. The first-order valence-electron chi connectivity index (χ1n) is 9.81. The monoisotopic (exact) mass is 433 g/mol. The molecule has 3 heterocycles. The number of anilines is 1. The molecule has 160 valence electrons. The van der Waals surface area contributed by atoms with Gasteiger partial charge in [-0.05, 0) is 26.2 Å². The summed E-state index contributed by atoms with van der Waals surface area (Å²) in [4.78, 5) is 25.9. The van der Waals surface area contributed by atoms with Crippen LogP contribution in [0.2, 0.25) is 0 Å². The molecular weight excluding hydrogens is 401 g/mol. The van der Waals surface area contributed by atoms with Crippen LogP contribution in [-0.2, 0) is 9.53 Å². The highest BCUT2D eigenvalue weighted by molar-refractivity contribution is 5.85. The molecule has 0 unspecified atom stereocenters.